The molecule has 25 heavy (non-hydrogen) atoms. The fraction of sp³-hybridized carbons (Fsp3) is 0.263. The summed E-state index contributed by atoms with van der Waals surface area (Å²) in [7, 11) is 0. The Kier molecular flexibility index (Phi) is 5.30. The van der Waals surface area contributed by atoms with Crippen molar-refractivity contribution in [1.82, 2.24) is 16.0 Å². The summed E-state index contributed by atoms with van der Waals surface area (Å²) in [5.41, 5.74) is 4.32. The molecule has 1 unspecified atom stereocenters. The van der Waals surface area contributed by atoms with Crippen molar-refractivity contribution in [3.63, 3.8) is 0 Å². The number of benzene rings is 2. The molecule has 0 radical (unpaired) electrons. The lowest BCUT2D eigenvalue weighted by molar-refractivity contribution is -0.122. The molecular formula is C19H22N4O2. The molecule has 6 nitrogen and oxygen atoms in total. The number of nitrogens with one attached hydrogen (secondary N) is 4. The molecule has 0 saturated heterocycles. The van der Waals surface area contributed by atoms with Gasteiger partial charge >= 0.3 is 6.03 Å². The Morgan fingerprint density at radius 1 is 1.08 bits per heavy atom. The first-order valence-electron chi connectivity index (χ1n) is 8.33. The zero-order chi connectivity index (χ0) is 17.6. The molecule has 3 amide bonds. The standard InChI is InChI=1S/C19H22N4O2/c1-13(22-19(25)23-17-5-3-2-4-6-17)18(24)21-10-14-7-8-15-11-20-12-16(15)9-14/h2-9,13,20H,10-12H2,1H3,(H,21,24)(H2,22,23,25). The van der Waals surface area contributed by atoms with E-state index in [1.54, 1.807) is 19.1 Å². The fourth-order valence-corrected chi connectivity index (χ4v) is 2.75. The summed E-state index contributed by atoms with van der Waals surface area (Å²) in [4.78, 5) is 24.1. The number of para-hydroxylation sites is 1. The van der Waals surface area contributed by atoms with Gasteiger partial charge in [-0.05, 0) is 35.7 Å². The van der Waals surface area contributed by atoms with Crippen molar-refractivity contribution < 1.29 is 9.59 Å². The highest BCUT2D eigenvalue weighted by molar-refractivity contribution is 5.93. The third kappa shape index (κ3) is 4.58. The second-order valence-electron chi connectivity index (χ2n) is 6.11. The minimum atomic E-state index is -0.625. The quantitative estimate of drug-likeness (QED) is 0.674. The van der Waals surface area contributed by atoms with Gasteiger partial charge in [0.25, 0.3) is 0 Å². The highest BCUT2D eigenvalue weighted by Gasteiger charge is 2.16. The summed E-state index contributed by atoms with van der Waals surface area (Å²) in [6.45, 7) is 3.87. The van der Waals surface area contributed by atoms with E-state index in [1.807, 2.05) is 24.3 Å². The van der Waals surface area contributed by atoms with Crippen molar-refractivity contribution >= 4 is 17.6 Å². The van der Waals surface area contributed by atoms with Crippen LogP contribution in [0.15, 0.2) is 48.5 Å². The molecule has 6 heteroatoms. The number of carbonyl (C=O) groups is 2. The Morgan fingerprint density at radius 3 is 2.64 bits per heavy atom. The lowest BCUT2D eigenvalue weighted by Crippen LogP contribution is -2.46. The predicted octanol–water partition coefficient (Wildman–Crippen LogP) is 2.12. The van der Waals surface area contributed by atoms with Gasteiger partial charge in [-0.15, -0.1) is 0 Å². The van der Waals surface area contributed by atoms with E-state index in [-0.39, 0.29) is 5.91 Å². The topological polar surface area (TPSA) is 82.3 Å². The molecule has 130 valence electrons. The zero-order valence-corrected chi connectivity index (χ0v) is 14.1. The number of carbonyl (C=O) groups excluding carboxylic acids is 2. The van der Waals surface area contributed by atoms with E-state index in [2.05, 4.69) is 33.4 Å². The van der Waals surface area contributed by atoms with Crippen molar-refractivity contribution in [2.24, 2.45) is 0 Å². The Hall–Kier alpha value is -2.86. The summed E-state index contributed by atoms with van der Waals surface area (Å²) in [5, 5.41) is 11.5. The summed E-state index contributed by atoms with van der Waals surface area (Å²) in [6.07, 6.45) is 0. The minimum Gasteiger partial charge on any atom is -0.350 e. The maximum atomic E-state index is 12.2. The average Bonchev–Trinajstić information content (AvgIpc) is 3.08. The number of rotatable bonds is 5. The molecule has 1 heterocycles. The van der Waals surface area contributed by atoms with Crippen molar-refractivity contribution in [3.8, 4) is 0 Å². The van der Waals surface area contributed by atoms with Crippen molar-refractivity contribution in [2.75, 3.05) is 5.32 Å². The second-order valence-corrected chi connectivity index (χ2v) is 6.11. The molecule has 3 rings (SSSR count). The maximum Gasteiger partial charge on any atom is 0.319 e. The first-order valence-corrected chi connectivity index (χ1v) is 8.33. The largest absolute Gasteiger partial charge is 0.350 e. The van der Waals surface area contributed by atoms with Gasteiger partial charge in [0.1, 0.15) is 6.04 Å². The molecule has 1 aliphatic rings. The summed E-state index contributed by atoms with van der Waals surface area (Å²) >= 11 is 0. The third-order valence-electron chi connectivity index (χ3n) is 4.14. The van der Waals surface area contributed by atoms with Crippen molar-refractivity contribution in [2.45, 2.75) is 32.6 Å². The van der Waals surface area contributed by atoms with E-state index in [0.29, 0.717) is 12.2 Å². The van der Waals surface area contributed by atoms with Gasteiger partial charge in [0.2, 0.25) is 5.91 Å². The van der Waals surface area contributed by atoms with Crippen molar-refractivity contribution in [3.05, 3.63) is 65.2 Å². The monoisotopic (exact) mass is 338 g/mol. The molecule has 2 aromatic carbocycles. The van der Waals surface area contributed by atoms with Crippen LogP contribution in [0.2, 0.25) is 0 Å². The highest BCUT2D eigenvalue weighted by atomic mass is 16.2. The first-order chi connectivity index (χ1) is 12.1. The van der Waals surface area contributed by atoms with E-state index in [9.17, 15) is 9.59 Å². The van der Waals surface area contributed by atoms with Gasteiger partial charge in [0.05, 0.1) is 0 Å². The average molecular weight is 338 g/mol. The van der Waals surface area contributed by atoms with E-state index < -0.39 is 12.1 Å². The molecule has 0 bridgehead atoms. The lowest BCUT2D eigenvalue weighted by Gasteiger charge is -2.15. The number of fused-ring (bicyclic) bond motifs is 1. The molecule has 0 saturated carbocycles. The van der Waals surface area contributed by atoms with Crippen LogP contribution >= 0.6 is 0 Å². The van der Waals surface area contributed by atoms with Crippen LogP contribution in [0.5, 0.6) is 0 Å². The summed E-state index contributed by atoms with van der Waals surface area (Å²) in [6, 6.07) is 14.3. The Morgan fingerprint density at radius 2 is 1.84 bits per heavy atom. The Bertz CT molecular complexity index is 761. The lowest BCUT2D eigenvalue weighted by atomic mass is 10.1. The van der Waals surface area contributed by atoms with Gasteiger partial charge in [0, 0.05) is 25.3 Å². The SMILES string of the molecule is CC(NC(=O)Nc1ccccc1)C(=O)NCc1ccc2c(c1)CNC2. The van der Waals surface area contributed by atoms with Gasteiger partial charge in [-0.1, -0.05) is 36.4 Å². The molecule has 2 aromatic rings. The molecule has 0 aromatic heterocycles. The zero-order valence-electron chi connectivity index (χ0n) is 14.1. The molecule has 0 aliphatic carbocycles. The van der Waals surface area contributed by atoms with Gasteiger partial charge < -0.3 is 21.3 Å². The number of anilines is 1. The third-order valence-corrected chi connectivity index (χ3v) is 4.14. The highest BCUT2D eigenvalue weighted by Crippen LogP contribution is 2.16. The van der Waals surface area contributed by atoms with Gasteiger partial charge in [-0.25, -0.2) is 4.79 Å². The van der Waals surface area contributed by atoms with Crippen LogP contribution in [0.1, 0.15) is 23.6 Å². The van der Waals surface area contributed by atoms with Gasteiger partial charge in [0.15, 0.2) is 0 Å². The normalized spacial score (nSPS) is 13.6. The molecule has 1 atom stereocenters. The van der Waals surface area contributed by atoms with Crippen LogP contribution < -0.4 is 21.3 Å². The number of hydrogen-bond acceptors (Lipinski definition) is 3. The summed E-state index contributed by atoms with van der Waals surface area (Å²) < 4.78 is 0. The minimum absolute atomic E-state index is 0.221. The fourth-order valence-electron chi connectivity index (χ4n) is 2.75. The number of urea groups is 1. The molecule has 4 N–H and O–H groups in total. The van der Waals surface area contributed by atoms with Crippen LogP contribution in [0, 0.1) is 0 Å². The predicted molar refractivity (Wildman–Crippen MR) is 96.9 cm³/mol. The Balaban J connectivity index is 1.46. The van der Waals surface area contributed by atoms with Crippen LogP contribution in [0.25, 0.3) is 0 Å². The number of hydrogen-bond donors (Lipinski definition) is 4. The summed E-state index contributed by atoms with van der Waals surface area (Å²) in [5.74, 6) is -0.221. The number of amides is 3. The smallest absolute Gasteiger partial charge is 0.319 e. The van der Waals surface area contributed by atoms with Crippen molar-refractivity contribution in [1.29, 1.82) is 0 Å². The molecule has 1 aliphatic heterocycles. The Labute approximate surface area is 147 Å². The van der Waals surface area contributed by atoms with E-state index in [4.69, 9.17) is 0 Å². The van der Waals surface area contributed by atoms with Gasteiger partial charge in [-0.2, -0.15) is 0 Å². The van der Waals surface area contributed by atoms with Crippen LogP contribution in [-0.2, 0) is 24.4 Å². The van der Waals surface area contributed by atoms with Crippen LogP contribution in [-0.4, -0.2) is 18.0 Å². The molecular weight excluding hydrogens is 316 g/mol. The van der Waals surface area contributed by atoms with E-state index in [1.165, 1.54) is 11.1 Å². The van der Waals surface area contributed by atoms with Crippen LogP contribution in [0.3, 0.4) is 0 Å². The van der Waals surface area contributed by atoms with Gasteiger partial charge in [-0.3, -0.25) is 4.79 Å². The van der Waals surface area contributed by atoms with Crippen LogP contribution in [0.4, 0.5) is 10.5 Å². The molecule has 0 spiro atoms. The maximum absolute atomic E-state index is 12.2. The second kappa shape index (κ2) is 7.81. The first kappa shape index (κ1) is 17.0. The molecule has 0 fully saturated rings. The van der Waals surface area contributed by atoms with E-state index in [0.717, 1.165) is 18.7 Å². The van der Waals surface area contributed by atoms with E-state index >= 15 is 0 Å².